The van der Waals surface area contributed by atoms with Gasteiger partial charge in [0.2, 0.25) is 0 Å². The Morgan fingerprint density at radius 3 is 2.20 bits per heavy atom. The predicted molar refractivity (Wildman–Crippen MR) is 91.3 cm³/mol. The van der Waals surface area contributed by atoms with Crippen LogP contribution < -0.4 is 15.4 Å². The topological polar surface area (TPSA) is 50.4 Å². The van der Waals surface area contributed by atoms with Crippen molar-refractivity contribution in [2.45, 2.75) is 12.7 Å². The fourth-order valence-electron chi connectivity index (χ4n) is 1.96. The Hall–Kier alpha value is -2.61. The van der Waals surface area contributed by atoms with Crippen LogP contribution in [0.5, 0.6) is 5.75 Å². The first-order valence-corrected chi connectivity index (χ1v) is 7.60. The second-order valence-electron chi connectivity index (χ2n) is 5.06. The SMILES string of the molecule is COc1ccc(C(=O)NC(=S)NCc2ccc(C(F)(F)F)cc2)cc1. The maximum absolute atomic E-state index is 12.5. The van der Waals surface area contributed by atoms with Crippen LogP contribution in [0.3, 0.4) is 0 Å². The second-order valence-corrected chi connectivity index (χ2v) is 5.47. The van der Waals surface area contributed by atoms with Gasteiger partial charge in [0.05, 0.1) is 12.7 Å². The quantitative estimate of drug-likeness (QED) is 0.811. The van der Waals surface area contributed by atoms with E-state index < -0.39 is 17.6 Å². The molecule has 2 rings (SSSR count). The largest absolute Gasteiger partial charge is 0.497 e. The molecular weight excluding hydrogens is 353 g/mol. The third kappa shape index (κ3) is 5.46. The molecule has 0 unspecified atom stereocenters. The Morgan fingerprint density at radius 1 is 1.08 bits per heavy atom. The number of nitrogens with one attached hydrogen (secondary N) is 2. The molecule has 0 atom stereocenters. The molecular formula is C17H15F3N2O2S. The Labute approximate surface area is 148 Å². The summed E-state index contributed by atoms with van der Waals surface area (Å²) in [6.45, 7) is 0.194. The van der Waals surface area contributed by atoms with E-state index in [9.17, 15) is 18.0 Å². The fourth-order valence-corrected chi connectivity index (χ4v) is 2.12. The van der Waals surface area contributed by atoms with Gasteiger partial charge in [-0.15, -0.1) is 0 Å². The molecule has 0 heterocycles. The molecule has 0 aliphatic heterocycles. The minimum absolute atomic E-state index is 0.0840. The molecule has 0 saturated heterocycles. The van der Waals surface area contributed by atoms with E-state index in [2.05, 4.69) is 10.6 Å². The number of amides is 1. The van der Waals surface area contributed by atoms with Crippen LogP contribution in [0.25, 0.3) is 0 Å². The van der Waals surface area contributed by atoms with Gasteiger partial charge >= 0.3 is 6.18 Å². The van der Waals surface area contributed by atoms with Crippen molar-refractivity contribution in [1.29, 1.82) is 0 Å². The van der Waals surface area contributed by atoms with Crippen LogP contribution in [-0.2, 0) is 12.7 Å². The summed E-state index contributed by atoms with van der Waals surface area (Å²) in [5.41, 5.74) is 0.292. The minimum atomic E-state index is -4.37. The zero-order chi connectivity index (χ0) is 18.4. The zero-order valence-corrected chi connectivity index (χ0v) is 14.0. The molecule has 0 bridgehead atoms. The number of ether oxygens (including phenoxy) is 1. The molecule has 8 heteroatoms. The van der Waals surface area contributed by atoms with Crippen LogP contribution >= 0.6 is 12.2 Å². The third-order valence-corrected chi connectivity index (χ3v) is 3.56. The smallest absolute Gasteiger partial charge is 0.416 e. The summed E-state index contributed by atoms with van der Waals surface area (Å²) in [4.78, 5) is 12.0. The van der Waals surface area contributed by atoms with Crippen molar-refractivity contribution in [3.63, 3.8) is 0 Å². The molecule has 0 spiro atoms. The highest BCUT2D eigenvalue weighted by atomic mass is 32.1. The molecule has 4 nitrogen and oxygen atoms in total. The normalized spacial score (nSPS) is 10.9. The van der Waals surface area contributed by atoms with Crippen molar-refractivity contribution >= 4 is 23.2 Å². The van der Waals surface area contributed by atoms with Crippen molar-refractivity contribution in [3.8, 4) is 5.75 Å². The van der Waals surface area contributed by atoms with E-state index in [1.165, 1.54) is 19.2 Å². The summed E-state index contributed by atoms with van der Waals surface area (Å²) in [6.07, 6.45) is -4.37. The van der Waals surface area contributed by atoms with Gasteiger partial charge in [-0.05, 0) is 54.2 Å². The summed E-state index contributed by atoms with van der Waals surface area (Å²) < 4.78 is 42.5. The van der Waals surface area contributed by atoms with E-state index in [-0.39, 0.29) is 11.7 Å². The first kappa shape index (κ1) is 18.7. The number of thiocarbonyl (C=S) groups is 1. The van der Waals surface area contributed by atoms with Crippen LogP contribution in [-0.4, -0.2) is 18.1 Å². The molecule has 1 amide bonds. The number of carbonyl (C=O) groups excluding carboxylic acids is 1. The van der Waals surface area contributed by atoms with Crippen LogP contribution in [0.15, 0.2) is 48.5 Å². The third-order valence-electron chi connectivity index (χ3n) is 3.31. The number of hydrogen-bond donors (Lipinski definition) is 2. The maximum atomic E-state index is 12.5. The molecule has 0 aliphatic rings. The van der Waals surface area contributed by atoms with Crippen molar-refractivity contribution < 1.29 is 22.7 Å². The molecule has 2 aromatic rings. The molecule has 132 valence electrons. The number of hydrogen-bond acceptors (Lipinski definition) is 3. The highest BCUT2D eigenvalue weighted by Gasteiger charge is 2.29. The van der Waals surface area contributed by atoms with E-state index >= 15 is 0 Å². The maximum Gasteiger partial charge on any atom is 0.416 e. The highest BCUT2D eigenvalue weighted by molar-refractivity contribution is 7.80. The van der Waals surface area contributed by atoms with Gasteiger partial charge in [0.15, 0.2) is 5.11 Å². The zero-order valence-electron chi connectivity index (χ0n) is 13.2. The average molecular weight is 368 g/mol. The first-order chi connectivity index (χ1) is 11.8. The Morgan fingerprint density at radius 2 is 1.68 bits per heavy atom. The summed E-state index contributed by atoms with van der Waals surface area (Å²) in [6, 6.07) is 11.2. The van der Waals surface area contributed by atoms with E-state index in [4.69, 9.17) is 17.0 Å². The van der Waals surface area contributed by atoms with Gasteiger partial charge < -0.3 is 10.1 Å². The van der Waals surface area contributed by atoms with Gasteiger partial charge in [0.1, 0.15) is 5.75 Å². The van der Waals surface area contributed by atoms with Crippen molar-refractivity contribution in [3.05, 3.63) is 65.2 Å². The molecule has 25 heavy (non-hydrogen) atoms. The number of carbonyl (C=O) groups is 1. The summed E-state index contributed by atoms with van der Waals surface area (Å²) in [7, 11) is 1.52. The standard InChI is InChI=1S/C17H15F3N2O2S/c1-24-14-8-4-12(5-9-14)15(23)22-16(25)21-10-11-2-6-13(7-3-11)17(18,19)20/h2-9H,10H2,1H3,(H2,21,22,23,25). The van der Waals surface area contributed by atoms with E-state index in [0.29, 0.717) is 16.9 Å². The molecule has 2 N–H and O–H groups in total. The molecule has 0 fully saturated rings. The number of benzene rings is 2. The van der Waals surface area contributed by atoms with Crippen LogP contribution in [0.4, 0.5) is 13.2 Å². The van der Waals surface area contributed by atoms with Gasteiger partial charge in [-0.25, -0.2) is 0 Å². The highest BCUT2D eigenvalue weighted by Crippen LogP contribution is 2.29. The number of halogens is 3. The van der Waals surface area contributed by atoms with Crippen molar-refractivity contribution in [2.75, 3.05) is 7.11 Å². The minimum Gasteiger partial charge on any atom is -0.497 e. The molecule has 0 aliphatic carbocycles. The number of alkyl halides is 3. The first-order valence-electron chi connectivity index (χ1n) is 7.19. The average Bonchev–Trinajstić information content (AvgIpc) is 2.59. The Bertz CT molecular complexity index is 744. The lowest BCUT2D eigenvalue weighted by Crippen LogP contribution is -2.38. The van der Waals surface area contributed by atoms with E-state index in [1.54, 1.807) is 24.3 Å². The van der Waals surface area contributed by atoms with Crippen LogP contribution in [0, 0.1) is 0 Å². The molecule has 2 aromatic carbocycles. The number of methoxy groups -OCH3 is 1. The van der Waals surface area contributed by atoms with Crippen molar-refractivity contribution in [2.24, 2.45) is 0 Å². The Kier molecular flexibility index (Phi) is 5.97. The lowest BCUT2D eigenvalue weighted by molar-refractivity contribution is -0.137. The number of rotatable bonds is 4. The lowest BCUT2D eigenvalue weighted by Gasteiger charge is -2.11. The van der Waals surface area contributed by atoms with Crippen LogP contribution in [0.2, 0.25) is 0 Å². The van der Waals surface area contributed by atoms with Gasteiger partial charge in [0.25, 0.3) is 5.91 Å². The van der Waals surface area contributed by atoms with Crippen LogP contribution in [0.1, 0.15) is 21.5 Å². The monoisotopic (exact) mass is 368 g/mol. The second kappa shape index (κ2) is 7.98. The fraction of sp³-hybridized carbons (Fsp3) is 0.176. The van der Waals surface area contributed by atoms with Gasteiger partial charge in [-0.1, -0.05) is 12.1 Å². The van der Waals surface area contributed by atoms with Gasteiger partial charge in [-0.3, -0.25) is 10.1 Å². The summed E-state index contributed by atoms with van der Waals surface area (Å²) in [5, 5.41) is 5.36. The van der Waals surface area contributed by atoms with Gasteiger partial charge in [-0.2, -0.15) is 13.2 Å². The van der Waals surface area contributed by atoms with Gasteiger partial charge in [0, 0.05) is 12.1 Å². The van der Waals surface area contributed by atoms with E-state index in [1.807, 2.05) is 0 Å². The predicted octanol–water partition coefficient (Wildman–Crippen LogP) is 3.52. The molecule has 0 aromatic heterocycles. The summed E-state index contributed by atoms with van der Waals surface area (Å²) >= 11 is 5.02. The Balaban J connectivity index is 1.86. The molecule has 0 saturated carbocycles. The summed E-state index contributed by atoms with van der Waals surface area (Å²) in [5.74, 6) is 0.229. The molecule has 0 radical (unpaired) electrons. The lowest BCUT2D eigenvalue weighted by atomic mass is 10.1. The van der Waals surface area contributed by atoms with Crippen molar-refractivity contribution in [1.82, 2.24) is 10.6 Å². The van der Waals surface area contributed by atoms with E-state index in [0.717, 1.165) is 12.1 Å².